The van der Waals surface area contributed by atoms with E-state index in [1.165, 1.54) is 44.2 Å². The highest BCUT2D eigenvalue weighted by molar-refractivity contribution is 5.47. The molecular formula is C17H25NO. The fourth-order valence-corrected chi connectivity index (χ4v) is 3.40. The molecule has 0 amide bonds. The van der Waals surface area contributed by atoms with Gasteiger partial charge in [0.25, 0.3) is 0 Å². The van der Waals surface area contributed by atoms with Crippen LogP contribution in [0.15, 0.2) is 24.3 Å². The van der Waals surface area contributed by atoms with Gasteiger partial charge in [-0.25, -0.2) is 0 Å². The first-order valence-corrected chi connectivity index (χ1v) is 7.84. The Morgan fingerprint density at radius 2 is 1.84 bits per heavy atom. The molecule has 2 aliphatic rings. The average molecular weight is 259 g/mol. The summed E-state index contributed by atoms with van der Waals surface area (Å²) in [6, 6.07) is 9.09. The summed E-state index contributed by atoms with van der Waals surface area (Å²) in [5.74, 6) is 3.02. The maximum atomic E-state index is 5.48. The van der Waals surface area contributed by atoms with Gasteiger partial charge in [-0.05, 0) is 68.7 Å². The quantitative estimate of drug-likeness (QED) is 0.842. The van der Waals surface area contributed by atoms with Crippen molar-refractivity contribution in [2.24, 2.45) is 11.8 Å². The summed E-state index contributed by atoms with van der Waals surface area (Å²) in [5.41, 5.74) is 1.24. The van der Waals surface area contributed by atoms with E-state index in [0.717, 1.165) is 24.2 Å². The molecule has 1 aromatic rings. The molecule has 1 N–H and O–H groups in total. The van der Waals surface area contributed by atoms with Gasteiger partial charge in [0.05, 0.1) is 6.61 Å². The molecule has 2 heteroatoms. The fraction of sp³-hybridized carbons (Fsp3) is 0.647. The van der Waals surface area contributed by atoms with Gasteiger partial charge in [-0.1, -0.05) is 12.8 Å². The van der Waals surface area contributed by atoms with E-state index in [-0.39, 0.29) is 0 Å². The summed E-state index contributed by atoms with van der Waals surface area (Å²) in [6.45, 7) is 2.75. The summed E-state index contributed by atoms with van der Waals surface area (Å²) >= 11 is 0. The lowest BCUT2D eigenvalue weighted by atomic mass is 9.82. The van der Waals surface area contributed by atoms with E-state index in [9.17, 15) is 0 Å². The van der Waals surface area contributed by atoms with Crippen LogP contribution in [0.5, 0.6) is 5.75 Å². The maximum absolute atomic E-state index is 5.48. The molecule has 2 atom stereocenters. The molecule has 2 aliphatic carbocycles. The summed E-state index contributed by atoms with van der Waals surface area (Å²) in [4.78, 5) is 0. The molecule has 0 saturated heterocycles. The minimum absolute atomic E-state index is 0.678. The van der Waals surface area contributed by atoms with Crippen molar-refractivity contribution in [3.63, 3.8) is 0 Å². The maximum Gasteiger partial charge on any atom is 0.119 e. The highest BCUT2D eigenvalue weighted by atomic mass is 16.5. The van der Waals surface area contributed by atoms with Gasteiger partial charge in [-0.15, -0.1) is 0 Å². The molecular weight excluding hydrogens is 234 g/mol. The van der Waals surface area contributed by atoms with E-state index in [2.05, 4.69) is 29.6 Å². The van der Waals surface area contributed by atoms with Gasteiger partial charge in [-0.3, -0.25) is 0 Å². The molecule has 0 heterocycles. The van der Waals surface area contributed by atoms with E-state index in [1.54, 1.807) is 0 Å². The number of hydrogen-bond donors (Lipinski definition) is 1. The van der Waals surface area contributed by atoms with Crippen LogP contribution in [0.2, 0.25) is 0 Å². The number of ether oxygens (including phenoxy) is 1. The minimum Gasteiger partial charge on any atom is -0.494 e. The molecule has 2 saturated carbocycles. The summed E-state index contributed by atoms with van der Waals surface area (Å²) < 4.78 is 5.48. The fourth-order valence-electron chi connectivity index (χ4n) is 3.40. The Bertz CT molecular complexity index is 396. The second kappa shape index (κ2) is 5.85. The lowest BCUT2D eigenvalue weighted by Crippen LogP contribution is -2.28. The molecule has 2 nitrogen and oxygen atoms in total. The number of rotatable bonds is 5. The second-order valence-electron chi connectivity index (χ2n) is 6.06. The summed E-state index contributed by atoms with van der Waals surface area (Å²) in [7, 11) is 0. The third-order valence-electron chi connectivity index (χ3n) is 4.54. The third kappa shape index (κ3) is 3.43. The Kier molecular flexibility index (Phi) is 3.95. The molecule has 0 aromatic heterocycles. The standard InChI is InChI=1S/C17H25NO/c1-2-19-17-10-8-15(9-11-17)18-16-5-3-4-14(12-16)13-6-7-13/h8-11,13-14,16,18H,2-7,12H2,1H3. The molecule has 0 radical (unpaired) electrons. The zero-order valence-electron chi connectivity index (χ0n) is 11.9. The number of nitrogens with one attached hydrogen (secondary N) is 1. The molecule has 2 fully saturated rings. The third-order valence-corrected chi connectivity index (χ3v) is 4.54. The second-order valence-corrected chi connectivity index (χ2v) is 6.06. The highest BCUT2D eigenvalue weighted by Gasteiger charge is 2.34. The van der Waals surface area contributed by atoms with Gasteiger partial charge >= 0.3 is 0 Å². The van der Waals surface area contributed by atoms with Crippen LogP contribution in [0.4, 0.5) is 5.69 Å². The minimum atomic E-state index is 0.678. The molecule has 0 spiro atoms. The Hall–Kier alpha value is -1.18. The van der Waals surface area contributed by atoms with E-state index in [1.807, 2.05) is 6.92 Å². The first-order chi connectivity index (χ1) is 9.35. The Morgan fingerprint density at radius 3 is 2.53 bits per heavy atom. The Labute approximate surface area is 116 Å². The number of benzene rings is 1. The zero-order valence-corrected chi connectivity index (χ0v) is 11.9. The lowest BCUT2D eigenvalue weighted by Gasteiger charge is -2.30. The molecule has 1 aromatic carbocycles. The van der Waals surface area contributed by atoms with E-state index in [0.29, 0.717) is 6.04 Å². The van der Waals surface area contributed by atoms with Crippen LogP contribution in [0.3, 0.4) is 0 Å². The largest absolute Gasteiger partial charge is 0.494 e. The Balaban J connectivity index is 1.54. The first-order valence-electron chi connectivity index (χ1n) is 7.84. The van der Waals surface area contributed by atoms with Crippen molar-refractivity contribution >= 4 is 5.69 Å². The van der Waals surface area contributed by atoms with Crippen molar-refractivity contribution in [1.82, 2.24) is 0 Å². The van der Waals surface area contributed by atoms with Crippen LogP contribution >= 0.6 is 0 Å². The van der Waals surface area contributed by atoms with Crippen LogP contribution in [0.25, 0.3) is 0 Å². The van der Waals surface area contributed by atoms with Crippen LogP contribution in [-0.2, 0) is 0 Å². The van der Waals surface area contributed by atoms with Crippen LogP contribution < -0.4 is 10.1 Å². The van der Waals surface area contributed by atoms with E-state index >= 15 is 0 Å². The zero-order chi connectivity index (χ0) is 13.1. The monoisotopic (exact) mass is 259 g/mol. The SMILES string of the molecule is CCOc1ccc(NC2CCCC(C3CC3)C2)cc1. The van der Waals surface area contributed by atoms with Crippen LogP contribution in [0.1, 0.15) is 45.4 Å². The molecule has 0 aliphatic heterocycles. The van der Waals surface area contributed by atoms with Gasteiger partial charge < -0.3 is 10.1 Å². The van der Waals surface area contributed by atoms with E-state index in [4.69, 9.17) is 4.74 Å². The van der Waals surface area contributed by atoms with Gasteiger partial charge in [0, 0.05) is 11.7 Å². The van der Waals surface area contributed by atoms with E-state index < -0.39 is 0 Å². The summed E-state index contributed by atoms with van der Waals surface area (Å²) in [6.07, 6.45) is 8.54. The average Bonchev–Trinajstić information content (AvgIpc) is 3.26. The van der Waals surface area contributed by atoms with Crippen molar-refractivity contribution in [2.45, 2.75) is 51.5 Å². The van der Waals surface area contributed by atoms with Crippen molar-refractivity contribution in [2.75, 3.05) is 11.9 Å². The molecule has 0 bridgehead atoms. The van der Waals surface area contributed by atoms with Crippen molar-refractivity contribution in [3.05, 3.63) is 24.3 Å². The van der Waals surface area contributed by atoms with Crippen molar-refractivity contribution in [1.29, 1.82) is 0 Å². The molecule has 2 unspecified atom stereocenters. The van der Waals surface area contributed by atoms with Crippen LogP contribution in [0, 0.1) is 11.8 Å². The summed E-state index contributed by atoms with van der Waals surface area (Å²) in [5, 5.41) is 3.71. The van der Waals surface area contributed by atoms with Gasteiger partial charge in [0.2, 0.25) is 0 Å². The molecule has 3 rings (SSSR count). The topological polar surface area (TPSA) is 21.3 Å². The predicted octanol–water partition coefficient (Wildman–Crippen LogP) is 4.47. The van der Waals surface area contributed by atoms with Crippen molar-refractivity contribution in [3.8, 4) is 5.75 Å². The highest BCUT2D eigenvalue weighted by Crippen LogP contribution is 2.44. The van der Waals surface area contributed by atoms with Gasteiger partial charge in [0.15, 0.2) is 0 Å². The number of anilines is 1. The smallest absolute Gasteiger partial charge is 0.119 e. The number of hydrogen-bond acceptors (Lipinski definition) is 2. The van der Waals surface area contributed by atoms with Gasteiger partial charge in [-0.2, -0.15) is 0 Å². The molecule has 19 heavy (non-hydrogen) atoms. The molecule has 104 valence electrons. The lowest BCUT2D eigenvalue weighted by molar-refractivity contribution is 0.303. The first kappa shape index (κ1) is 12.8. The van der Waals surface area contributed by atoms with Crippen LogP contribution in [-0.4, -0.2) is 12.6 Å². The van der Waals surface area contributed by atoms with Gasteiger partial charge in [0.1, 0.15) is 5.75 Å². The normalized spacial score (nSPS) is 27.0. The van der Waals surface area contributed by atoms with Crippen molar-refractivity contribution < 1.29 is 4.74 Å². The Morgan fingerprint density at radius 1 is 1.05 bits per heavy atom. The predicted molar refractivity (Wildman–Crippen MR) is 79.7 cm³/mol.